The second kappa shape index (κ2) is 10.5. The summed E-state index contributed by atoms with van der Waals surface area (Å²) >= 11 is 2.21. The summed E-state index contributed by atoms with van der Waals surface area (Å²) in [7, 11) is 1.23. The van der Waals surface area contributed by atoms with Gasteiger partial charge in [0.15, 0.2) is 5.16 Å². The molecule has 10 nitrogen and oxygen atoms in total. The SMILES string of the molecule is COC(=O)c1c(NC(=O)CSc2nnc(C(C)C)n2CC2CCCO2)sc(C(N)=O)c1C. The summed E-state index contributed by atoms with van der Waals surface area (Å²) in [6, 6.07) is 0. The van der Waals surface area contributed by atoms with Crippen molar-refractivity contribution in [1.82, 2.24) is 14.8 Å². The number of primary amides is 1. The minimum absolute atomic E-state index is 0.0468. The van der Waals surface area contributed by atoms with Crippen LogP contribution in [-0.4, -0.2) is 58.1 Å². The van der Waals surface area contributed by atoms with Crippen molar-refractivity contribution < 1.29 is 23.9 Å². The molecule has 1 saturated heterocycles. The highest BCUT2D eigenvalue weighted by molar-refractivity contribution is 7.99. The lowest BCUT2D eigenvalue weighted by Gasteiger charge is -2.15. The zero-order valence-electron chi connectivity index (χ0n) is 18.5. The van der Waals surface area contributed by atoms with E-state index in [9.17, 15) is 14.4 Å². The molecule has 0 bridgehead atoms. The fourth-order valence-corrected chi connectivity index (χ4v) is 5.29. The Morgan fingerprint density at radius 3 is 2.72 bits per heavy atom. The van der Waals surface area contributed by atoms with E-state index < -0.39 is 11.9 Å². The van der Waals surface area contributed by atoms with Gasteiger partial charge in [0.1, 0.15) is 10.8 Å². The van der Waals surface area contributed by atoms with Crippen LogP contribution in [0.2, 0.25) is 0 Å². The van der Waals surface area contributed by atoms with Crippen LogP contribution in [0.15, 0.2) is 5.16 Å². The van der Waals surface area contributed by atoms with Gasteiger partial charge in [-0.25, -0.2) is 4.79 Å². The van der Waals surface area contributed by atoms with Gasteiger partial charge in [0.25, 0.3) is 5.91 Å². The van der Waals surface area contributed by atoms with Gasteiger partial charge in [-0.2, -0.15) is 0 Å². The second-order valence-electron chi connectivity index (χ2n) is 7.69. The molecule has 0 radical (unpaired) electrons. The summed E-state index contributed by atoms with van der Waals surface area (Å²) in [5, 5.41) is 12.1. The standard InChI is InChI=1S/C20H27N5O5S2/c1-10(2)17-23-24-20(25(17)8-12-6-5-7-30-12)31-9-13(26)22-18-14(19(28)29-4)11(3)15(32-18)16(21)27/h10,12H,5-9H2,1-4H3,(H2,21,27)(H,22,26). The number of amides is 2. The first-order chi connectivity index (χ1) is 15.2. The van der Waals surface area contributed by atoms with Gasteiger partial charge in [0.05, 0.1) is 36.0 Å². The molecule has 1 aliphatic heterocycles. The van der Waals surface area contributed by atoms with Crippen LogP contribution in [0, 0.1) is 6.92 Å². The van der Waals surface area contributed by atoms with Crippen LogP contribution in [0.4, 0.5) is 5.00 Å². The molecule has 0 aliphatic carbocycles. The van der Waals surface area contributed by atoms with Crippen LogP contribution < -0.4 is 11.1 Å². The molecule has 1 atom stereocenters. The Hall–Kier alpha value is -2.44. The summed E-state index contributed by atoms with van der Waals surface area (Å²) in [6.07, 6.45) is 2.13. The molecule has 1 fully saturated rings. The molecule has 3 rings (SSSR count). The van der Waals surface area contributed by atoms with E-state index in [-0.39, 0.29) is 39.1 Å². The third-order valence-corrected chi connectivity index (χ3v) is 7.21. The molecule has 0 spiro atoms. The molecule has 2 amide bonds. The molecule has 1 unspecified atom stereocenters. The molecule has 2 aromatic heterocycles. The molecule has 2 aromatic rings. The number of carbonyl (C=O) groups excluding carboxylic acids is 3. The topological polar surface area (TPSA) is 138 Å². The first kappa shape index (κ1) is 24.2. The number of hydrogen-bond acceptors (Lipinski definition) is 9. The number of thiophene rings is 1. The quantitative estimate of drug-likeness (QED) is 0.412. The van der Waals surface area contributed by atoms with Gasteiger partial charge in [-0.05, 0) is 25.3 Å². The van der Waals surface area contributed by atoms with Crippen LogP contribution in [0.5, 0.6) is 0 Å². The number of ether oxygens (including phenoxy) is 2. The van der Waals surface area contributed by atoms with Gasteiger partial charge in [-0.3, -0.25) is 9.59 Å². The van der Waals surface area contributed by atoms with Crippen molar-refractivity contribution in [3.05, 3.63) is 21.8 Å². The van der Waals surface area contributed by atoms with Crippen LogP contribution in [0.1, 0.15) is 64.0 Å². The lowest BCUT2D eigenvalue weighted by Crippen LogP contribution is -2.19. The van der Waals surface area contributed by atoms with Gasteiger partial charge >= 0.3 is 5.97 Å². The maximum Gasteiger partial charge on any atom is 0.341 e. The summed E-state index contributed by atoms with van der Waals surface area (Å²) in [5.41, 5.74) is 5.91. The number of nitrogens with two attached hydrogens (primary N) is 1. The molecule has 32 heavy (non-hydrogen) atoms. The number of methoxy groups -OCH3 is 1. The summed E-state index contributed by atoms with van der Waals surface area (Å²) in [5.74, 6) is -0.601. The van der Waals surface area contributed by atoms with Gasteiger partial charge < -0.3 is 25.1 Å². The fourth-order valence-electron chi connectivity index (χ4n) is 3.47. The molecular weight excluding hydrogens is 454 g/mol. The molecule has 0 aromatic carbocycles. The van der Waals surface area contributed by atoms with Crippen molar-refractivity contribution >= 4 is 45.9 Å². The number of anilines is 1. The van der Waals surface area contributed by atoms with E-state index in [0.717, 1.165) is 36.6 Å². The van der Waals surface area contributed by atoms with Crippen molar-refractivity contribution in [2.45, 2.75) is 57.3 Å². The van der Waals surface area contributed by atoms with E-state index in [4.69, 9.17) is 15.2 Å². The molecule has 3 heterocycles. The van der Waals surface area contributed by atoms with Gasteiger partial charge in [0.2, 0.25) is 5.91 Å². The van der Waals surface area contributed by atoms with Crippen LogP contribution >= 0.6 is 23.1 Å². The summed E-state index contributed by atoms with van der Waals surface area (Å²) in [4.78, 5) is 36.7. The van der Waals surface area contributed by atoms with Gasteiger partial charge in [-0.1, -0.05) is 25.6 Å². The third-order valence-electron chi connectivity index (χ3n) is 5.02. The van der Waals surface area contributed by atoms with E-state index in [1.165, 1.54) is 18.9 Å². The monoisotopic (exact) mass is 481 g/mol. The highest BCUT2D eigenvalue weighted by atomic mass is 32.2. The average molecular weight is 482 g/mol. The molecule has 0 saturated carbocycles. The molecular formula is C20H27N5O5S2. The molecule has 1 aliphatic rings. The first-order valence-corrected chi connectivity index (χ1v) is 12.0. The Balaban J connectivity index is 1.73. The van der Waals surface area contributed by atoms with Crippen LogP contribution in [0.25, 0.3) is 0 Å². The predicted octanol–water partition coefficient (Wildman–Crippen LogP) is 2.57. The Bertz CT molecular complexity index is 1010. The molecule has 3 N–H and O–H groups in total. The third kappa shape index (κ3) is 5.30. The number of nitrogens with zero attached hydrogens (tertiary/aromatic N) is 3. The second-order valence-corrected chi connectivity index (χ2v) is 9.66. The highest BCUT2D eigenvalue weighted by Crippen LogP contribution is 2.34. The van der Waals surface area contributed by atoms with Crippen molar-refractivity contribution in [2.24, 2.45) is 5.73 Å². The number of carbonyl (C=O) groups is 3. The summed E-state index contributed by atoms with van der Waals surface area (Å²) < 4.78 is 12.6. The maximum atomic E-state index is 12.7. The number of thioether (sulfide) groups is 1. The number of aromatic nitrogens is 3. The number of esters is 1. The fraction of sp³-hybridized carbons (Fsp3) is 0.550. The van der Waals surface area contributed by atoms with E-state index in [0.29, 0.717) is 17.3 Å². The maximum absolute atomic E-state index is 12.7. The average Bonchev–Trinajstić information content (AvgIpc) is 3.46. The number of hydrogen-bond donors (Lipinski definition) is 2. The summed E-state index contributed by atoms with van der Waals surface area (Å²) in [6.45, 7) is 7.07. The van der Waals surface area contributed by atoms with E-state index in [2.05, 4.69) is 15.5 Å². The van der Waals surface area contributed by atoms with Crippen molar-refractivity contribution in [3.63, 3.8) is 0 Å². The largest absolute Gasteiger partial charge is 0.465 e. The minimum atomic E-state index is -0.670. The van der Waals surface area contributed by atoms with Crippen molar-refractivity contribution in [1.29, 1.82) is 0 Å². The Kier molecular flexibility index (Phi) is 7.91. The van der Waals surface area contributed by atoms with Crippen LogP contribution in [0.3, 0.4) is 0 Å². The lowest BCUT2D eigenvalue weighted by atomic mass is 10.1. The normalized spacial score (nSPS) is 15.8. The van der Waals surface area contributed by atoms with E-state index in [1.807, 2.05) is 18.4 Å². The Morgan fingerprint density at radius 1 is 1.38 bits per heavy atom. The van der Waals surface area contributed by atoms with Gasteiger partial charge in [-0.15, -0.1) is 21.5 Å². The van der Waals surface area contributed by atoms with Crippen molar-refractivity contribution in [2.75, 3.05) is 24.8 Å². The number of nitrogens with one attached hydrogen (secondary N) is 1. The Labute approximate surface area is 194 Å². The van der Waals surface area contributed by atoms with Crippen LogP contribution in [-0.2, 0) is 20.8 Å². The molecule has 12 heteroatoms. The zero-order chi connectivity index (χ0) is 23.4. The smallest absolute Gasteiger partial charge is 0.341 e. The van der Waals surface area contributed by atoms with E-state index in [1.54, 1.807) is 6.92 Å². The van der Waals surface area contributed by atoms with E-state index >= 15 is 0 Å². The number of rotatable bonds is 9. The predicted molar refractivity (Wildman–Crippen MR) is 121 cm³/mol. The molecule has 174 valence electrons. The lowest BCUT2D eigenvalue weighted by molar-refractivity contribution is -0.113. The van der Waals surface area contributed by atoms with Crippen molar-refractivity contribution in [3.8, 4) is 0 Å². The van der Waals surface area contributed by atoms with Gasteiger partial charge in [0, 0.05) is 12.5 Å². The first-order valence-electron chi connectivity index (χ1n) is 10.2. The Morgan fingerprint density at radius 2 is 2.12 bits per heavy atom. The zero-order valence-corrected chi connectivity index (χ0v) is 20.1. The highest BCUT2D eigenvalue weighted by Gasteiger charge is 2.26. The minimum Gasteiger partial charge on any atom is -0.465 e.